The van der Waals surface area contributed by atoms with E-state index in [1.54, 1.807) is 24.0 Å². The molecule has 2 aromatic rings. The zero-order chi connectivity index (χ0) is 20.5. The molecule has 0 fully saturated rings. The van der Waals surface area contributed by atoms with E-state index in [1.165, 1.54) is 11.8 Å². The third kappa shape index (κ3) is 6.88. The van der Waals surface area contributed by atoms with Gasteiger partial charge in [0.25, 0.3) is 0 Å². The largest absolute Gasteiger partial charge is 0.352 e. The first-order valence-electron chi connectivity index (χ1n) is 9.42. The molecule has 0 heterocycles. The molecule has 0 aromatic heterocycles. The van der Waals surface area contributed by atoms with Crippen LogP contribution in [0.2, 0.25) is 5.02 Å². The number of thioether (sulfide) groups is 1. The Labute approximate surface area is 176 Å². The third-order valence-corrected chi connectivity index (χ3v) is 5.79. The molecule has 2 aromatic carbocycles. The summed E-state index contributed by atoms with van der Waals surface area (Å²) in [5.41, 5.74) is 0.936. The summed E-state index contributed by atoms with van der Waals surface area (Å²) in [5, 5.41) is 3.62. The van der Waals surface area contributed by atoms with E-state index in [2.05, 4.69) is 5.32 Å². The van der Waals surface area contributed by atoms with Crippen LogP contribution in [0.3, 0.4) is 0 Å². The Morgan fingerprint density at radius 1 is 1.07 bits per heavy atom. The van der Waals surface area contributed by atoms with Crippen molar-refractivity contribution in [2.45, 2.75) is 50.7 Å². The second-order valence-electron chi connectivity index (χ2n) is 6.74. The van der Waals surface area contributed by atoms with Crippen LogP contribution >= 0.6 is 23.4 Å². The fourth-order valence-corrected chi connectivity index (χ4v) is 3.51. The first kappa shape index (κ1) is 22.3. The summed E-state index contributed by atoms with van der Waals surface area (Å²) in [5.74, 6) is 0.0652. The van der Waals surface area contributed by atoms with Crippen molar-refractivity contribution in [2.24, 2.45) is 0 Å². The predicted octanol–water partition coefficient (Wildman–Crippen LogP) is 4.76. The number of nitrogens with one attached hydrogen (secondary N) is 1. The smallest absolute Gasteiger partial charge is 0.242 e. The van der Waals surface area contributed by atoms with E-state index in [9.17, 15) is 9.59 Å². The SMILES string of the molecule is CC[C@@H](C)NC(=O)[C@@H](C)N(Cc1ccc(Cl)cc1)C(=O)CSc1ccccc1. The highest BCUT2D eigenvalue weighted by molar-refractivity contribution is 8.00. The van der Waals surface area contributed by atoms with E-state index in [1.807, 2.05) is 56.3 Å². The molecule has 0 unspecified atom stereocenters. The molecule has 0 aliphatic rings. The molecule has 0 aliphatic heterocycles. The molecule has 0 spiro atoms. The van der Waals surface area contributed by atoms with Gasteiger partial charge >= 0.3 is 0 Å². The van der Waals surface area contributed by atoms with Gasteiger partial charge in [-0.05, 0) is 50.1 Å². The van der Waals surface area contributed by atoms with Crippen LogP contribution in [0.25, 0.3) is 0 Å². The highest BCUT2D eigenvalue weighted by atomic mass is 35.5. The number of hydrogen-bond acceptors (Lipinski definition) is 3. The van der Waals surface area contributed by atoms with E-state index in [-0.39, 0.29) is 23.6 Å². The van der Waals surface area contributed by atoms with Gasteiger partial charge in [-0.15, -0.1) is 11.8 Å². The lowest BCUT2D eigenvalue weighted by atomic mass is 10.1. The average Bonchev–Trinajstić information content (AvgIpc) is 2.71. The van der Waals surface area contributed by atoms with Gasteiger partial charge < -0.3 is 10.2 Å². The quantitative estimate of drug-likeness (QED) is 0.597. The van der Waals surface area contributed by atoms with Gasteiger partial charge in [-0.25, -0.2) is 0 Å². The van der Waals surface area contributed by atoms with Crippen molar-refractivity contribution < 1.29 is 9.59 Å². The number of amides is 2. The number of nitrogens with zero attached hydrogens (tertiary/aromatic N) is 1. The highest BCUT2D eigenvalue weighted by Crippen LogP contribution is 2.20. The van der Waals surface area contributed by atoms with E-state index >= 15 is 0 Å². The normalized spacial score (nSPS) is 12.9. The van der Waals surface area contributed by atoms with Crippen molar-refractivity contribution in [3.05, 3.63) is 65.2 Å². The van der Waals surface area contributed by atoms with Crippen molar-refractivity contribution in [1.29, 1.82) is 0 Å². The van der Waals surface area contributed by atoms with E-state index < -0.39 is 6.04 Å². The fourth-order valence-electron chi connectivity index (χ4n) is 2.58. The summed E-state index contributed by atoms with van der Waals surface area (Å²) in [7, 11) is 0. The van der Waals surface area contributed by atoms with Crippen LogP contribution in [0.1, 0.15) is 32.8 Å². The summed E-state index contributed by atoms with van der Waals surface area (Å²) >= 11 is 7.44. The van der Waals surface area contributed by atoms with Gasteiger partial charge in [-0.1, -0.05) is 48.9 Å². The Hall–Kier alpha value is -1.98. The van der Waals surface area contributed by atoms with Gasteiger partial charge in [0.1, 0.15) is 6.04 Å². The van der Waals surface area contributed by atoms with E-state index in [4.69, 9.17) is 11.6 Å². The number of carbonyl (C=O) groups is 2. The summed E-state index contributed by atoms with van der Waals surface area (Å²) in [6.07, 6.45) is 0.841. The van der Waals surface area contributed by atoms with Gasteiger partial charge in [0.2, 0.25) is 11.8 Å². The lowest BCUT2D eigenvalue weighted by molar-refractivity contribution is -0.138. The Morgan fingerprint density at radius 2 is 1.71 bits per heavy atom. The van der Waals surface area contributed by atoms with Gasteiger partial charge in [0, 0.05) is 22.5 Å². The Balaban J connectivity index is 2.12. The van der Waals surface area contributed by atoms with Crippen molar-refractivity contribution >= 4 is 35.2 Å². The second kappa shape index (κ2) is 11.1. The first-order chi connectivity index (χ1) is 13.4. The van der Waals surface area contributed by atoms with Crippen LogP contribution in [-0.4, -0.2) is 34.6 Å². The summed E-state index contributed by atoms with van der Waals surface area (Å²) in [4.78, 5) is 28.3. The van der Waals surface area contributed by atoms with Crippen molar-refractivity contribution in [1.82, 2.24) is 10.2 Å². The number of benzene rings is 2. The lowest BCUT2D eigenvalue weighted by Gasteiger charge is -2.29. The molecule has 2 atom stereocenters. The fraction of sp³-hybridized carbons (Fsp3) is 0.364. The summed E-state index contributed by atoms with van der Waals surface area (Å²) in [6, 6.07) is 16.6. The average molecular weight is 419 g/mol. The molecular formula is C22H27ClN2O2S. The van der Waals surface area contributed by atoms with Crippen molar-refractivity contribution in [3.8, 4) is 0 Å². The number of carbonyl (C=O) groups excluding carboxylic acids is 2. The Kier molecular flexibility index (Phi) is 8.87. The van der Waals surface area contributed by atoms with Crippen LogP contribution < -0.4 is 5.32 Å². The van der Waals surface area contributed by atoms with Crippen molar-refractivity contribution in [2.75, 3.05) is 5.75 Å². The van der Waals surface area contributed by atoms with E-state index in [0.29, 0.717) is 11.6 Å². The van der Waals surface area contributed by atoms with Crippen molar-refractivity contribution in [3.63, 3.8) is 0 Å². The molecule has 150 valence electrons. The first-order valence-corrected chi connectivity index (χ1v) is 10.8. The van der Waals surface area contributed by atoms with E-state index in [0.717, 1.165) is 16.9 Å². The molecule has 0 saturated carbocycles. The monoisotopic (exact) mass is 418 g/mol. The molecule has 0 radical (unpaired) electrons. The Morgan fingerprint density at radius 3 is 2.32 bits per heavy atom. The summed E-state index contributed by atoms with van der Waals surface area (Å²) < 4.78 is 0. The van der Waals surface area contributed by atoms with Crippen LogP contribution in [0.15, 0.2) is 59.5 Å². The van der Waals surface area contributed by atoms with Gasteiger partial charge in [-0.3, -0.25) is 9.59 Å². The summed E-state index contributed by atoms with van der Waals surface area (Å²) in [6.45, 7) is 6.11. The lowest BCUT2D eigenvalue weighted by Crippen LogP contribution is -2.50. The molecule has 4 nitrogen and oxygen atoms in total. The maximum absolute atomic E-state index is 13.0. The molecule has 0 aliphatic carbocycles. The second-order valence-corrected chi connectivity index (χ2v) is 8.23. The third-order valence-electron chi connectivity index (χ3n) is 4.54. The topological polar surface area (TPSA) is 49.4 Å². The Bertz CT molecular complexity index is 768. The van der Waals surface area contributed by atoms with Gasteiger partial charge in [-0.2, -0.15) is 0 Å². The molecular weight excluding hydrogens is 392 g/mol. The van der Waals surface area contributed by atoms with Crippen LogP contribution in [0, 0.1) is 0 Å². The molecule has 1 N–H and O–H groups in total. The number of halogens is 1. The highest BCUT2D eigenvalue weighted by Gasteiger charge is 2.26. The number of hydrogen-bond donors (Lipinski definition) is 1. The zero-order valence-corrected chi connectivity index (χ0v) is 18.1. The maximum Gasteiger partial charge on any atom is 0.242 e. The molecule has 2 amide bonds. The molecule has 28 heavy (non-hydrogen) atoms. The predicted molar refractivity (Wildman–Crippen MR) is 117 cm³/mol. The van der Waals surface area contributed by atoms with Gasteiger partial charge in [0.05, 0.1) is 5.75 Å². The minimum Gasteiger partial charge on any atom is -0.352 e. The van der Waals surface area contributed by atoms with Crippen LogP contribution in [-0.2, 0) is 16.1 Å². The van der Waals surface area contributed by atoms with Crippen LogP contribution in [0.4, 0.5) is 0 Å². The standard InChI is InChI=1S/C22H27ClN2O2S/c1-4-16(2)24-22(27)17(3)25(14-18-10-12-19(23)13-11-18)21(26)15-28-20-8-6-5-7-9-20/h5-13,16-17H,4,14-15H2,1-3H3,(H,24,27)/t16-,17-/m1/s1. The minimum atomic E-state index is -0.562. The zero-order valence-electron chi connectivity index (χ0n) is 16.5. The van der Waals surface area contributed by atoms with Gasteiger partial charge in [0.15, 0.2) is 0 Å². The van der Waals surface area contributed by atoms with Crippen LogP contribution in [0.5, 0.6) is 0 Å². The molecule has 2 rings (SSSR count). The number of rotatable bonds is 9. The molecule has 0 saturated heterocycles. The molecule has 0 bridgehead atoms. The maximum atomic E-state index is 13.0. The minimum absolute atomic E-state index is 0.0705. The molecule has 6 heteroatoms.